The number of ether oxygens (including phenoxy) is 1. The number of unbranched alkanes of at least 4 members (excludes halogenated alkanes) is 3. The van der Waals surface area contributed by atoms with E-state index in [4.69, 9.17) is 0 Å². The largest absolute Gasteiger partial charge is 0.469 e. The normalized spacial score (nSPS) is 10.7. The maximum absolute atomic E-state index is 10.9. The summed E-state index contributed by atoms with van der Waals surface area (Å²) in [5.41, 5.74) is 0. The number of carbonyl (C=O) groups excluding carboxylic acids is 1. The Morgan fingerprint density at radius 1 is 1.19 bits per heavy atom. The van der Waals surface area contributed by atoms with E-state index in [1.807, 2.05) is 11.8 Å². The van der Waals surface area contributed by atoms with Crippen molar-refractivity contribution in [1.82, 2.24) is 10.6 Å². The van der Waals surface area contributed by atoms with E-state index in [9.17, 15) is 4.79 Å². The maximum atomic E-state index is 10.9. The van der Waals surface area contributed by atoms with E-state index < -0.39 is 0 Å². The van der Waals surface area contributed by atoms with Crippen LogP contribution in [-0.4, -0.2) is 50.7 Å². The lowest BCUT2D eigenvalue weighted by molar-refractivity contribution is -0.140. The number of hydrogen-bond acceptors (Lipinski definition) is 4. The Labute approximate surface area is 150 Å². The first-order valence-electron chi connectivity index (χ1n) is 7.32. The molecule has 21 heavy (non-hydrogen) atoms. The van der Waals surface area contributed by atoms with E-state index in [2.05, 4.69) is 33.5 Å². The van der Waals surface area contributed by atoms with Gasteiger partial charge in [-0.1, -0.05) is 12.8 Å². The van der Waals surface area contributed by atoms with Crippen LogP contribution in [0.5, 0.6) is 0 Å². The molecule has 0 bridgehead atoms. The van der Waals surface area contributed by atoms with Gasteiger partial charge >= 0.3 is 5.97 Å². The third kappa shape index (κ3) is 16.0. The van der Waals surface area contributed by atoms with Gasteiger partial charge in [-0.15, -0.1) is 24.0 Å². The molecule has 0 aliphatic heterocycles. The molecule has 0 spiro atoms. The van der Waals surface area contributed by atoms with Gasteiger partial charge in [-0.2, -0.15) is 11.8 Å². The molecule has 2 N–H and O–H groups in total. The van der Waals surface area contributed by atoms with Crippen LogP contribution in [0.1, 0.15) is 39.0 Å². The molecule has 0 fully saturated rings. The molecule has 0 aliphatic rings. The van der Waals surface area contributed by atoms with Crippen LogP contribution in [0, 0.1) is 0 Å². The van der Waals surface area contributed by atoms with Crippen molar-refractivity contribution in [3.8, 4) is 0 Å². The minimum Gasteiger partial charge on any atom is -0.469 e. The van der Waals surface area contributed by atoms with Crippen molar-refractivity contribution < 1.29 is 9.53 Å². The molecule has 0 aromatic rings. The molecule has 0 aromatic carbocycles. The summed E-state index contributed by atoms with van der Waals surface area (Å²) in [4.78, 5) is 15.5. The SMILES string of the molecule is CCNC(=NCCCCCCC(=O)OC)NCCSC.I. The molecular formula is C14H30IN3O2S. The highest BCUT2D eigenvalue weighted by Gasteiger charge is 1.99. The lowest BCUT2D eigenvalue weighted by Crippen LogP contribution is -2.38. The van der Waals surface area contributed by atoms with Gasteiger partial charge in [0, 0.05) is 31.8 Å². The van der Waals surface area contributed by atoms with Crippen molar-refractivity contribution in [3.63, 3.8) is 0 Å². The number of hydrogen-bond donors (Lipinski definition) is 2. The number of rotatable bonds is 11. The van der Waals surface area contributed by atoms with Crippen molar-refractivity contribution >= 4 is 47.7 Å². The third-order valence-electron chi connectivity index (χ3n) is 2.73. The van der Waals surface area contributed by atoms with E-state index >= 15 is 0 Å². The molecule has 7 heteroatoms. The zero-order valence-electron chi connectivity index (χ0n) is 13.4. The Morgan fingerprint density at radius 3 is 2.52 bits per heavy atom. The molecular weight excluding hydrogens is 401 g/mol. The van der Waals surface area contributed by atoms with Gasteiger partial charge in [0.2, 0.25) is 0 Å². The molecule has 0 heterocycles. The van der Waals surface area contributed by atoms with Crippen molar-refractivity contribution in [2.45, 2.75) is 39.0 Å². The minimum atomic E-state index is -0.115. The Hall–Kier alpha value is -0.180. The molecule has 0 radical (unpaired) electrons. The van der Waals surface area contributed by atoms with Crippen molar-refractivity contribution in [2.75, 3.05) is 38.8 Å². The first-order valence-corrected chi connectivity index (χ1v) is 8.71. The monoisotopic (exact) mass is 431 g/mol. The summed E-state index contributed by atoms with van der Waals surface area (Å²) in [7, 11) is 1.43. The van der Waals surface area contributed by atoms with Gasteiger partial charge in [0.05, 0.1) is 7.11 Å². The lowest BCUT2D eigenvalue weighted by Gasteiger charge is -2.10. The fourth-order valence-corrected chi connectivity index (χ4v) is 1.95. The van der Waals surface area contributed by atoms with Gasteiger partial charge in [0.15, 0.2) is 5.96 Å². The highest BCUT2D eigenvalue weighted by molar-refractivity contribution is 14.0. The zero-order chi connectivity index (χ0) is 15.1. The topological polar surface area (TPSA) is 62.7 Å². The molecule has 0 amide bonds. The van der Waals surface area contributed by atoms with Crippen molar-refractivity contribution in [3.05, 3.63) is 0 Å². The second kappa shape index (κ2) is 17.9. The van der Waals surface area contributed by atoms with Crippen LogP contribution in [0.3, 0.4) is 0 Å². The van der Waals surface area contributed by atoms with Gasteiger partial charge < -0.3 is 15.4 Å². The molecule has 0 saturated heterocycles. The number of esters is 1. The van der Waals surface area contributed by atoms with E-state index in [0.717, 1.165) is 57.0 Å². The summed E-state index contributed by atoms with van der Waals surface area (Å²) < 4.78 is 4.60. The number of nitrogens with one attached hydrogen (secondary N) is 2. The van der Waals surface area contributed by atoms with Gasteiger partial charge in [-0.25, -0.2) is 0 Å². The highest BCUT2D eigenvalue weighted by atomic mass is 127. The second-order valence-electron chi connectivity index (χ2n) is 4.42. The predicted molar refractivity (Wildman–Crippen MR) is 103 cm³/mol. The van der Waals surface area contributed by atoms with E-state index in [1.165, 1.54) is 7.11 Å². The fraction of sp³-hybridized carbons (Fsp3) is 0.857. The number of carbonyl (C=O) groups is 1. The Morgan fingerprint density at radius 2 is 1.90 bits per heavy atom. The van der Waals surface area contributed by atoms with Crippen LogP contribution in [0.25, 0.3) is 0 Å². The number of guanidine groups is 1. The Kier molecular flexibility index (Phi) is 19.7. The van der Waals surface area contributed by atoms with Gasteiger partial charge in [0.1, 0.15) is 0 Å². The van der Waals surface area contributed by atoms with Gasteiger partial charge in [-0.3, -0.25) is 9.79 Å². The van der Waals surface area contributed by atoms with E-state index in [-0.39, 0.29) is 29.9 Å². The standard InChI is InChI=1S/C14H29N3O2S.HI/c1-4-15-14(17-11-12-20-3)16-10-8-6-5-7-9-13(18)19-2;/h4-12H2,1-3H3,(H2,15,16,17);1H. The van der Waals surface area contributed by atoms with Crippen molar-refractivity contribution in [1.29, 1.82) is 0 Å². The molecule has 5 nitrogen and oxygen atoms in total. The van der Waals surface area contributed by atoms with E-state index in [0.29, 0.717) is 6.42 Å². The summed E-state index contributed by atoms with van der Waals surface area (Å²) in [6.45, 7) is 4.71. The minimum absolute atomic E-state index is 0. The smallest absolute Gasteiger partial charge is 0.305 e. The zero-order valence-corrected chi connectivity index (χ0v) is 16.6. The third-order valence-corrected chi connectivity index (χ3v) is 3.34. The summed E-state index contributed by atoms with van der Waals surface area (Å²) in [5.74, 6) is 1.87. The molecule has 0 unspecified atom stereocenters. The van der Waals surface area contributed by atoms with Crippen LogP contribution < -0.4 is 10.6 Å². The van der Waals surface area contributed by atoms with Crippen molar-refractivity contribution in [2.24, 2.45) is 4.99 Å². The van der Waals surface area contributed by atoms with Crippen LogP contribution in [0.4, 0.5) is 0 Å². The number of nitrogens with zero attached hydrogens (tertiary/aromatic N) is 1. The lowest BCUT2D eigenvalue weighted by atomic mass is 10.1. The summed E-state index contributed by atoms with van der Waals surface area (Å²) in [6.07, 6.45) is 6.74. The Balaban J connectivity index is 0. The number of methoxy groups -OCH3 is 1. The quantitative estimate of drug-likeness (QED) is 0.173. The molecule has 0 aromatic heterocycles. The van der Waals surface area contributed by atoms with Crippen LogP contribution in [0.15, 0.2) is 4.99 Å². The second-order valence-corrected chi connectivity index (χ2v) is 5.41. The van der Waals surface area contributed by atoms with Crippen LogP contribution in [0.2, 0.25) is 0 Å². The van der Waals surface area contributed by atoms with E-state index in [1.54, 1.807) is 0 Å². The molecule has 0 saturated carbocycles. The number of aliphatic imine (C=N–C) groups is 1. The number of thioether (sulfide) groups is 1. The maximum Gasteiger partial charge on any atom is 0.305 e. The Bertz CT molecular complexity index is 279. The van der Waals surface area contributed by atoms with Gasteiger partial charge in [-0.05, 0) is 26.0 Å². The van der Waals surface area contributed by atoms with Gasteiger partial charge in [0.25, 0.3) is 0 Å². The predicted octanol–water partition coefficient (Wildman–Crippen LogP) is 2.65. The molecule has 0 rings (SSSR count). The summed E-state index contributed by atoms with van der Waals surface area (Å²) >= 11 is 1.82. The molecule has 126 valence electrons. The average molecular weight is 431 g/mol. The van der Waals surface area contributed by atoms with Crippen LogP contribution in [-0.2, 0) is 9.53 Å². The average Bonchev–Trinajstić information content (AvgIpc) is 2.46. The fourth-order valence-electron chi connectivity index (χ4n) is 1.64. The molecule has 0 aliphatic carbocycles. The highest BCUT2D eigenvalue weighted by Crippen LogP contribution is 2.03. The number of halogens is 1. The first-order chi connectivity index (χ1) is 9.74. The first kappa shape index (κ1) is 23.1. The molecule has 0 atom stereocenters. The summed E-state index contributed by atoms with van der Waals surface area (Å²) in [5, 5.41) is 6.54. The van der Waals surface area contributed by atoms with Crippen LogP contribution >= 0.6 is 35.7 Å². The summed E-state index contributed by atoms with van der Waals surface area (Å²) in [6, 6.07) is 0.